The van der Waals surface area contributed by atoms with Crippen LogP contribution in [0.1, 0.15) is 103 Å². The number of furan rings is 1. The van der Waals surface area contributed by atoms with Gasteiger partial charge in [-0.3, -0.25) is 0 Å². The summed E-state index contributed by atoms with van der Waals surface area (Å²) in [4.78, 5) is 5.10. The Hall–Kier alpha value is -0.920. The molecule has 6 heteroatoms. The molecule has 230 valence electrons. The van der Waals surface area contributed by atoms with E-state index in [0.717, 1.165) is 57.1 Å². The smallest absolute Gasteiger partial charge is 0.136 e. The molecule has 0 aromatic carbocycles. The normalized spacial score (nSPS) is 45.0. The molecule has 1 aromatic heterocycles. The third-order valence-corrected chi connectivity index (χ3v) is 13.8. The molecular weight excluding hydrogens is 512 g/mol. The summed E-state index contributed by atoms with van der Waals surface area (Å²) in [6, 6.07) is 4.12. The molecule has 1 aromatic rings. The van der Waals surface area contributed by atoms with Crippen molar-refractivity contribution >= 4 is 0 Å². The van der Waals surface area contributed by atoms with Crippen molar-refractivity contribution in [1.29, 1.82) is 0 Å². The van der Waals surface area contributed by atoms with Gasteiger partial charge in [-0.25, -0.2) is 0 Å². The van der Waals surface area contributed by atoms with E-state index in [0.29, 0.717) is 30.0 Å². The lowest BCUT2D eigenvalue weighted by Gasteiger charge is -2.64. The van der Waals surface area contributed by atoms with Crippen LogP contribution in [-0.2, 0) is 15.1 Å². The molecule has 0 radical (unpaired) electrons. The maximum absolute atomic E-state index is 12.9. The highest BCUT2D eigenvalue weighted by Gasteiger charge is 2.73. The summed E-state index contributed by atoms with van der Waals surface area (Å²) in [6.45, 7) is 13.5. The van der Waals surface area contributed by atoms with E-state index in [1.807, 2.05) is 6.07 Å². The lowest BCUT2D eigenvalue weighted by molar-refractivity contribution is -0.253. The highest BCUT2D eigenvalue weighted by molar-refractivity contribution is 5.28. The summed E-state index contributed by atoms with van der Waals surface area (Å²) < 4.78 is 19.7. The zero-order valence-electron chi connectivity index (χ0n) is 26.0. The van der Waals surface area contributed by atoms with E-state index in [1.165, 1.54) is 84.0 Å². The lowest BCUT2D eigenvalue weighted by atomic mass is 9.43. The van der Waals surface area contributed by atoms with Gasteiger partial charge in [0.15, 0.2) is 0 Å². The van der Waals surface area contributed by atoms with Crippen molar-refractivity contribution in [2.24, 2.45) is 28.6 Å². The fourth-order valence-electron chi connectivity index (χ4n) is 11.3. The van der Waals surface area contributed by atoms with Crippen molar-refractivity contribution < 1.29 is 19.0 Å². The molecule has 6 nitrogen and oxygen atoms in total. The topological polar surface area (TPSA) is 58.3 Å². The van der Waals surface area contributed by atoms with Crippen LogP contribution in [0.25, 0.3) is 0 Å². The van der Waals surface area contributed by atoms with Crippen molar-refractivity contribution in [2.75, 3.05) is 52.5 Å². The SMILES string of the molecule is C[C@]12CCC(OCCN3CCCC3)CC1CC[C@@H]1[C@H]2CC[C@]2(C)C(OCCN3CCCC3)(c3ccco3)CC[C@@]12O. The van der Waals surface area contributed by atoms with E-state index < -0.39 is 11.2 Å². The van der Waals surface area contributed by atoms with E-state index >= 15 is 0 Å². The molecule has 4 aliphatic carbocycles. The van der Waals surface area contributed by atoms with Crippen LogP contribution in [0.5, 0.6) is 0 Å². The summed E-state index contributed by atoms with van der Waals surface area (Å²) in [7, 11) is 0. The van der Waals surface area contributed by atoms with Crippen molar-refractivity contribution in [3.05, 3.63) is 24.2 Å². The first kappa shape index (κ1) is 28.8. The molecule has 0 spiro atoms. The standard InChI is InChI=1S/C35H56N2O4/c1-32-13-11-28(39-24-21-36-17-3-4-18-36)26-27(32)9-10-30-29(32)12-14-33(2)34(30,38)15-16-35(33,31-8-7-23-40-31)41-25-22-37-19-5-6-20-37/h7-8,23,27-30,38H,3-6,9-22,24-26H2,1-2H3/t27?,28?,29-,30-,32+,33+,34-,35?/m1/s1. The Morgan fingerprint density at radius 1 is 0.854 bits per heavy atom. The molecule has 0 amide bonds. The first-order chi connectivity index (χ1) is 19.9. The van der Waals surface area contributed by atoms with E-state index in [2.05, 4.69) is 29.7 Å². The number of hydrogen-bond acceptors (Lipinski definition) is 6. The summed E-state index contributed by atoms with van der Waals surface area (Å²) in [5, 5.41) is 12.9. The van der Waals surface area contributed by atoms with E-state index in [4.69, 9.17) is 13.9 Å². The Kier molecular flexibility index (Phi) is 7.89. The van der Waals surface area contributed by atoms with Crippen LogP contribution in [-0.4, -0.2) is 79.1 Å². The molecule has 2 aliphatic heterocycles. The summed E-state index contributed by atoms with van der Waals surface area (Å²) in [6.07, 6.45) is 17.4. The van der Waals surface area contributed by atoms with Gasteiger partial charge in [0.2, 0.25) is 0 Å². The second kappa shape index (κ2) is 11.2. The number of fused-ring (bicyclic) bond motifs is 5. The van der Waals surface area contributed by atoms with Crippen molar-refractivity contribution in [3.63, 3.8) is 0 Å². The van der Waals surface area contributed by atoms with Gasteiger partial charge < -0.3 is 28.8 Å². The van der Waals surface area contributed by atoms with Crippen LogP contribution in [0, 0.1) is 28.6 Å². The summed E-state index contributed by atoms with van der Waals surface area (Å²) in [5.74, 6) is 2.58. The van der Waals surface area contributed by atoms with Gasteiger partial charge in [0.25, 0.3) is 0 Å². The molecule has 1 N–H and O–H groups in total. The molecule has 0 bridgehead atoms. The molecule has 3 heterocycles. The number of nitrogens with zero attached hydrogens (tertiary/aromatic N) is 2. The minimum absolute atomic E-state index is 0.307. The lowest BCUT2D eigenvalue weighted by Crippen LogP contribution is -2.65. The highest BCUT2D eigenvalue weighted by atomic mass is 16.5. The Balaban J connectivity index is 1.06. The monoisotopic (exact) mass is 568 g/mol. The third kappa shape index (κ3) is 4.69. The molecule has 7 rings (SSSR count). The summed E-state index contributed by atoms with van der Waals surface area (Å²) >= 11 is 0. The van der Waals surface area contributed by atoms with Crippen LogP contribution in [0.3, 0.4) is 0 Å². The zero-order valence-corrected chi connectivity index (χ0v) is 26.0. The van der Waals surface area contributed by atoms with Gasteiger partial charge in [-0.1, -0.05) is 13.8 Å². The third-order valence-electron chi connectivity index (χ3n) is 13.8. The maximum Gasteiger partial charge on any atom is 0.136 e. The number of aliphatic hydroxyl groups is 1. The molecule has 4 saturated carbocycles. The molecule has 2 saturated heterocycles. The summed E-state index contributed by atoms with van der Waals surface area (Å²) in [5.41, 5.74) is -1.30. The predicted molar refractivity (Wildman–Crippen MR) is 161 cm³/mol. The van der Waals surface area contributed by atoms with E-state index in [9.17, 15) is 5.11 Å². The molecule has 6 fully saturated rings. The van der Waals surface area contributed by atoms with Crippen LogP contribution in [0.4, 0.5) is 0 Å². The number of likely N-dealkylation sites (tertiary alicyclic amines) is 2. The van der Waals surface area contributed by atoms with Gasteiger partial charge in [0.1, 0.15) is 11.4 Å². The maximum atomic E-state index is 12.9. The van der Waals surface area contributed by atoms with Crippen molar-refractivity contribution in [2.45, 2.75) is 115 Å². The predicted octanol–water partition coefficient (Wildman–Crippen LogP) is 6.23. The molecule has 3 unspecified atom stereocenters. The van der Waals surface area contributed by atoms with E-state index in [-0.39, 0.29) is 5.41 Å². The van der Waals surface area contributed by atoms with Gasteiger partial charge in [0, 0.05) is 18.5 Å². The first-order valence-electron chi connectivity index (χ1n) is 17.3. The van der Waals surface area contributed by atoms with Crippen LogP contribution in [0.15, 0.2) is 22.8 Å². The van der Waals surface area contributed by atoms with Gasteiger partial charge in [-0.2, -0.15) is 0 Å². The minimum atomic E-state index is -0.715. The van der Waals surface area contributed by atoms with Crippen LogP contribution >= 0.6 is 0 Å². The fourth-order valence-corrected chi connectivity index (χ4v) is 11.3. The highest BCUT2D eigenvalue weighted by Crippen LogP contribution is 2.72. The van der Waals surface area contributed by atoms with Crippen molar-refractivity contribution in [1.82, 2.24) is 9.80 Å². The largest absolute Gasteiger partial charge is 0.466 e. The first-order valence-corrected chi connectivity index (χ1v) is 17.3. The van der Waals surface area contributed by atoms with Gasteiger partial charge in [0.05, 0.1) is 31.2 Å². The van der Waals surface area contributed by atoms with Crippen molar-refractivity contribution in [3.8, 4) is 0 Å². The van der Waals surface area contributed by atoms with Gasteiger partial charge in [-0.05, 0) is 145 Å². The Labute approximate surface area is 248 Å². The molecule has 6 aliphatic rings. The molecular formula is C35H56N2O4. The molecule has 41 heavy (non-hydrogen) atoms. The van der Waals surface area contributed by atoms with E-state index in [1.54, 1.807) is 6.26 Å². The number of hydrogen-bond donors (Lipinski definition) is 1. The quantitative estimate of drug-likeness (QED) is 0.381. The van der Waals surface area contributed by atoms with Gasteiger partial charge >= 0.3 is 0 Å². The Morgan fingerprint density at radius 2 is 1.59 bits per heavy atom. The minimum Gasteiger partial charge on any atom is -0.466 e. The average Bonchev–Trinajstić information content (AvgIpc) is 3.79. The second-order valence-corrected chi connectivity index (χ2v) is 15.3. The second-order valence-electron chi connectivity index (χ2n) is 15.3. The zero-order chi connectivity index (χ0) is 28.1. The Morgan fingerprint density at radius 3 is 2.29 bits per heavy atom. The van der Waals surface area contributed by atoms with Crippen LogP contribution < -0.4 is 0 Å². The Bertz CT molecular complexity index is 1020. The fraction of sp³-hybridized carbons (Fsp3) is 0.886. The number of rotatable bonds is 9. The number of ether oxygens (including phenoxy) is 2. The molecule has 8 atom stereocenters. The van der Waals surface area contributed by atoms with Crippen LogP contribution in [0.2, 0.25) is 0 Å². The average molecular weight is 569 g/mol. The van der Waals surface area contributed by atoms with Gasteiger partial charge in [-0.15, -0.1) is 0 Å².